The number of carbonyl (C=O) groups is 1. The van der Waals surface area contributed by atoms with Crippen LogP contribution in [0, 0.1) is 0 Å². The summed E-state index contributed by atoms with van der Waals surface area (Å²) in [7, 11) is 0. The molecule has 5 heteroatoms. The van der Waals surface area contributed by atoms with Gasteiger partial charge in [-0.1, -0.05) is 6.07 Å². The van der Waals surface area contributed by atoms with Crippen LogP contribution in [-0.4, -0.2) is 42.0 Å². The van der Waals surface area contributed by atoms with Gasteiger partial charge in [-0.3, -0.25) is 14.7 Å². The molecule has 0 bridgehead atoms. The van der Waals surface area contributed by atoms with E-state index in [1.54, 1.807) is 6.20 Å². The van der Waals surface area contributed by atoms with Crippen molar-refractivity contribution in [3.05, 3.63) is 30.1 Å². The number of nitrogens with two attached hydrogens (primary N) is 1. The molecule has 1 saturated heterocycles. The minimum atomic E-state index is 0.0278. The fourth-order valence-electron chi connectivity index (χ4n) is 2.13. The molecule has 92 valence electrons. The summed E-state index contributed by atoms with van der Waals surface area (Å²) in [6.07, 6.45) is 2.71. The van der Waals surface area contributed by atoms with E-state index < -0.39 is 0 Å². The van der Waals surface area contributed by atoms with Crippen molar-refractivity contribution in [2.45, 2.75) is 12.5 Å². The molecule has 0 radical (unpaired) electrons. The smallest absolute Gasteiger partial charge is 0.234 e. The summed E-state index contributed by atoms with van der Waals surface area (Å²) in [6.45, 7) is 2.49. The number of rotatable bonds is 3. The number of nitrogens with zero attached hydrogens (tertiary/aromatic N) is 2. The molecule has 1 aliphatic rings. The Kier molecular flexibility index (Phi) is 4.06. The highest BCUT2D eigenvalue weighted by molar-refractivity contribution is 5.78. The zero-order valence-corrected chi connectivity index (χ0v) is 9.80. The van der Waals surface area contributed by atoms with Crippen molar-refractivity contribution in [1.29, 1.82) is 0 Å². The fourth-order valence-corrected chi connectivity index (χ4v) is 2.13. The van der Waals surface area contributed by atoms with Crippen molar-refractivity contribution in [3.63, 3.8) is 0 Å². The molecule has 3 N–H and O–H groups in total. The van der Waals surface area contributed by atoms with Gasteiger partial charge in [-0.15, -0.1) is 0 Å². The van der Waals surface area contributed by atoms with Crippen LogP contribution in [0.25, 0.3) is 0 Å². The van der Waals surface area contributed by atoms with Crippen molar-refractivity contribution >= 4 is 5.91 Å². The second kappa shape index (κ2) is 5.75. The molecule has 1 fully saturated rings. The number of nitrogens with one attached hydrogen (secondary N) is 1. The van der Waals surface area contributed by atoms with Crippen molar-refractivity contribution in [3.8, 4) is 0 Å². The summed E-state index contributed by atoms with van der Waals surface area (Å²) >= 11 is 0. The van der Waals surface area contributed by atoms with Crippen LogP contribution in [0.5, 0.6) is 0 Å². The predicted molar refractivity (Wildman–Crippen MR) is 65.2 cm³/mol. The van der Waals surface area contributed by atoms with Gasteiger partial charge in [0.15, 0.2) is 0 Å². The molecule has 2 rings (SSSR count). The standard InChI is InChI=1S/C12H18N4O/c13-8-11(10-4-1-2-5-14-10)16-7-3-6-15-12(17)9-16/h1-2,4-5,11H,3,6-9,13H2,(H,15,17). The van der Waals surface area contributed by atoms with Crippen LogP contribution in [0.4, 0.5) is 0 Å². The summed E-state index contributed by atoms with van der Waals surface area (Å²) in [4.78, 5) is 18.0. The Bertz CT molecular complexity index is 368. The summed E-state index contributed by atoms with van der Waals surface area (Å²) in [5, 5.41) is 2.86. The minimum absolute atomic E-state index is 0.0278. The average Bonchev–Trinajstić information content (AvgIpc) is 2.56. The minimum Gasteiger partial charge on any atom is -0.355 e. The lowest BCUT2D eigenvalue weighted by molar-refractivity contribution is -0.121. The third kappa shape index (κ3) is 3.01. The molecule has 0 aliphatic carbocycles. The summed E-state index contributed by atoms with van der Waals surface area (Å²) in [6, 6.07) is 5.81. The van der Waals surface area contributed by atoms with Gasteiger partial charge in [-0.2, -0.15) is 0 Å². The maximum atomic E-state index is 11.5. The number of carbonyl (C=O) groups excluding carboxylic acids is 1. The molecule has 1 aromatic rings. The predicted octanol–water partition coefficient (Wildman–Crippen LogP) is -0.0967. The second-order valence-electron chi connectivity index (χ2n) is 4.18. The Hall–Kier alpha value is -1.46. The van der Waals surface area contributed by atoms with Crippen molar-refractivity contribution in [2.75, 3.05) is 26.2 Å². The highest BCUT2D eigenvalue weighted by Crippen LogP contribution is 2.18. The van der Waals surface area contributed by atoms with Crippen LogP contribution in [0.3, 0.4) is 0 Å². The molecule has 1 unspecified atom stereocenters. The van der Waals surface area contributed by atoms with E-state index in [1.165, 1.54) is 0 Å². The summed E-state index contributed by atoms with van der Waals surface area (Å²) in [5.41, 5.74) is 6.75. The maximum Gasteiger partial charge on any atom is 0.234 e. The number of amides is 1. The van der Waals surface area contributed by atoms with E-state index in [0.29, 0.717) is 13.1 Å². The quantitative estimate of drug-likeness (QED) is 0.766. The number of hydrogen-bond donors (Lipinski definition) is 2. The topological polar surface area (TPSA) is 71.2 Å². The van der Waals surface area contributed by atoms with E-state index in [1.807, 2.05) is 18.2 Å². The molecule has 17 heavy (non-hydrogen) atoms. The highest BCUT2D eigenvalue weighted by atomic mass is 16.2. The van der Waals surface area contributed by atoms with Gasteiger partial charge in [0.05, 0.1) is 18.3 Å². The SMILES string of the molecule is NCC(c1ccccn1)N1CCCNC(=O)C1. The maximum absolute atomic E-state index is 11.5. The molecular weight excluding hydrogens is 216 g/mol. The lowest BCUT2D eigenvalue weighted by Crippen LogP contribution is -2.39. The van der Waals surface area contributed by atoms with Gasteiger partial charge in [-0.25, -0.2) is 0 Å². The monoisotopic (exact) mass is 234 g/mol. The van der Waals surface area contributed by atoms with E-state index in [9.17, 15) is 4.79 Å². The first-order valence-electron chi connectivity index (χ1n) is 5.93. The van der Waals surface area contributed by atoms with Gasteiger partial charge in [0.1, 0.15) is 0 Å². The number of aromatic nitrogens is 1. The average molecular weight is 234 g/mol. The molecule has 1 aromatic heterocycles. The molecule has 0 spiro atoms. The van der Waals surface area contributed by atoms with Gasteiger partial charge in [0.25, 0.3) is 0 Å². The lowest BCUT2D eigenvalue weighted by Gasteiger charge is -2.28. The van der Waals surface area contributed by atoms with Crippen LogP contribution >= 0.6 is 0 Å². The van der Waals surface area contributed by atoms with Crippen molar-refractivity contribution in [2.24, 2.45) is 5.73 Å². The zero-order chi connectivity index (χ0) is 12.1. The lowest BCUT2D eigenvalue weighted by atomic mass is 10.1. The van der Waals surface area contributed by atoms with E-state index in [0.717, 1.165) is 25.2 Å². The molecular formula is C12H18N4O. The number of hydrogen-bond acceptors (Lipinski definition) is 4. The first-order chi connectivity index (χ1) is 8.31. The van der Waals surface area contributed by atoms with Crippen LogP contribution in [0.1, 0.15) is 18.2 Å². The molecule has 0 saturated carbocycles. The van der Waals surface area contributed by atoms with E-state index in [2.05, 4.69) is 15.2 Å². The second-order valence-corrected chi connectivity index (χ2v) is 4.18. The Labute approximate surface area is 101 Å². The van der Waals surface area contributed by atoms with E-state index in [4.69, 9.17) is 5.73 Å². The van der Waals surface area contributed by atoms with Gasteiger partial charge in [0, 0.05) is 25.8 Å². The molecule has 1 amide bonds. The van der Waals surface area contributed by atoms with E-state index in [-0.39, 0.29) is 11.9 Å². The highest BCUT2D eigenvalue weighted by Gasteiger charge is 2.23. The normalized spacial score (nSPS) is 19.5. The van der Waals surface area contributed by atoms with Crippen molar-refractivity contribution in [1.82, 2.24) is 15.2 Å². The molecule has 1 atom stereocenters. The van der Waals surface area contributed by atoms with Crippen molar-refractivity contribution < 1.29 is 4.79 Å². The zero-order valence-electron chi connectivity index (χ0n) is 9.80. The summed E-state index contributed by atoms with van der Waals surface area (Å²) in [5.74, 6) is 0.0666. The van der Waals surface area contributed by atoms with Gasteiger partial charge in [-0.05, 0) is 18.6 Å². The number of pyridine rings is 1. The van der Waals surface area contributed by atoms with Gasteiger partial charge < -0.3 is 11.1 Å². The Morgan fingerprint density at radius 1 is 1.53 bits per heavy atom. The van der Waals surface area contributed by atoms with Crippen LogP contribution < -0.4 is 11.1 Å². The fraction of sp³-hybridized carbons (Fsp3) is 0.500. The van der Waals surface area contributed by atoms with Gasteiger partial charge in [0.2, 0.25) is 5.91 Å². The third-order valence-corrected chi connectivity index (χ3v) is 2.98. The molecule has 2 heterocycles. The molecule has 0 aromatic carbocycles. The third-order valence-electron chi connectivity index (χ3n) is 2.98. The first kappa shape index (κ1) is 12.0. The summed E-state index contributed by atoms with van der Waals surface area (Å²) < 4.78 is 0. The molecule has 1 aliphatic heterocycles. The Balaban J connectivity index is 2.14. The first-order valence-corrected chi connectivity index (χ1v) is 5.93. The Morgan fingerprint density at radius 2 is 2.41 bits per heavy atom. The van der Waals surface area contributed by atoms with E-state index >= 15 is 0 Å². The largest absolute Gasteiger partial charge is 0.355 e. The van der Waals surface area contributed by atoms with Crippen LogP contribution in [-0.2, 0) is 4.79 Å². The van der Waals surface area contributed by atoms with Gasteiger partial charge >= 0.3 is 0 Å². The van der Waals surface area contributed by atoms with Crippen LogP contribution in [0.2, 0.25) is 0 Å². The Morgan fingerprint density at radius 3 is 3.12 bits per heavy atom. The van der Waals surface area contributed by atoms with Crippen LogP contribution in [0.15, 0.2) is 24.4 Å². The molecule has 5 nitrogen and oxygen atoms in total.